The van der Waals surface area contributed by atoms with Crippen molar-refractivity contribution in [2.45, 2.75) is 32.4 Å². The molecule has 4 rings (SSSR count). The van der Waals surface area contributed by atoms with Crippen molar-refractivity contribution in [3.05, 3.63) is 61.8 Å². The summed E-state index contributed by atoms with van der Waals surface area (Å²) in [6.07, 6.45) is 1.09. The van der Waals surface area contributed by atoms with Crippen LogP contribution in [-0.4, -0.2) is 39.5 Å². The lowest BCUT2D eigenvalue weighted by atomic mass is 10.1. The molecule has 0 saturated heterocycles. The van der Waals surface area contributed by atoms with Gasteiger partial charge < -0.3 is 19.9 Å². The summed E-state index contributed by atoms with van der Waals surface area (Å²) >= 11 is 5.75. The summed E-state index contributed by atoms with van der Waals surface area (Å²) in [5.74, 6) is -2.51. The first-order valence-electron chi connectivity index (χ1n) is 9.35. The van der Waals surface area contributed by atoms with Crippen LogP contribution in [0, 0.1) is 5.82 Å². The summed E-state index contributed by atoms with van der Waals surface area (Å²) in [5, 5.41) is 12.9. The second-order valence-corrected chi connectivity index (χ2v) is 7.56. The highest BCUT2D eigenvalue weighted by molar-refractivity contribution is 6.30. The lowest BCUT2D eigenvalue weighted by Crippen LogP contribution is -2.44. The summed E-state index contributed by atoms with van der Waals surface area (Å²) in [6.45, 7) is 2.59. The van der Waals surface area contributed by atoms with Crippen molar-refractivity contribution in [3.8, 4) is 5.75 Å². The van der Waals surface area contributed by atoms with Crippen molar-refractivity contribution in [2.24, 2.45) is 0 Å². The summed E-state index contributed by atoms with van der Waals surface area (Å²) in [4.78, 5) is 39.8. The Morgan fingerprint density at radius 3 is 2.86 bits per heavy atom. The maximum atomic E-state index is 14.1. The Kier molecular flexibility index (Phi) is 4.82. The molecule has 0 bridgehead atoms. The molecule has 0 unspecified atom stereocenters. The molecule has 2 aromatic rings. The monoisotopic (exact) mass is 419 g/mol. The highest BCUT2D eigenvalue weighted by atomic mass is 35.5. The van der Waals surface area contributed by atoms with Crippen LogP contribution in [0.5, 0.6) is 5.75 Å². The molecular weight excluding hydrogens is 401 g/mol. The Balaban J connectivity index is 1.72. The van der Waals surface area contributed by atoms with Crippen LogP contribution in [0.3, 0.4) is 0 Å². The molecule has 2 aliphatic rings. The number of hydrogen-bond acceptors (Lipinski definition) is 4. The minimum atomic E-state index is -0.887. The van der Waals surface area contributed by atoms with Gasteiger partial charge in [0.25, 0.3) is 11.8 Å². The molecule has 152 valence electrons. The molecule has 1 aromatic heterocycles. The number of nitrogens with one attached hydrogen (secondary N) is 1. The van der Waals surface area contributed by atoms with Crippen molar-refractivity contribution in [2.75, 3.05) is 13.1 Å². The number of carbonyl (C=O) groups excluding carboxylic acids is 2. The second kappa shape index (κ2) is 7.18. The molecule has 3 heterocycles. The van der Waals surface area contributed by atoms with Crippen LogP contribution in [0.4, 0.5) is 4.39 Å². The lowest BCUT2D eigenvalue weighted by molar-refractivity contribution is 0.0676. The van der Waals surface area contributed by atoms with E-state index in [9.17, 15) is 23.9 Å². The number of hydrogen-bond donors (Lipinski definition) is 2. The third-order valence-corrected chi connectivity index (χ3v) is 5.86. The van der Waals surface area contributed by atoms with Gasteiger partial charge in [0, 0.05) is 30.9 Å². The van der Waals surface area contributed by atoms with E-state index in [1.165, 1.54) is 12.1 Å². The molecule has 0 radical (unpaired) electrons. The van der Waals surface area contributed by atoms with Crippen LogP contribution < -0.4 is 10.7 Å². The van der Waals surface area contributed by atoms with Crippen molar-refractivity contribution in [1.82, 2.24) is 14.8 Å². The zero-order chi connectivity index (χ0) is 20.9. The van der Waals surface area contributed by atoms with Crippen LogP contribution in [-0.2, 0) is 13.0 Å². The number of amides is 2. The number of nitrogens with zero attached hydrogens (tertiary/aromatic N) is 2. The van der Waals surface area contributed by atoms with Gasteiger partial charge in [0.05, 0.1) is 11.1 Å². The number of halogens is 2. The summed E-state index contributed by atoms with van der Waals surface area (Å²) in [7, 11) is 0. The average molecular weight is 420 g/mol. The molecule has 7 nitrogen and oxygen atoms in total. The van der Waals surface area contributed by atoms with E-state index in [1.807, 2.05) is 6.92 Å². The van der Waals surface area contributed by atoms with E-state index in [4.69, 9.17) is 11.6 Å². The fourth-order valence-electron chi connectivity index (χ4n) is 4.13. The van der Waals surface area contributed by atoms with Gasteiger partial charge in [0.2, 0.25) is 5.43 Å². The van der Waals surface area contributed by atoms with Gasteiger partial charge in [-0.3, -0.25) is 14.4 Å². The summed E-state index contributed by atoms with van der Waals surface area (Å²) in [5.41, 5.74) is -0.536. The van der Waals surface area contributed by atoms with E-state index in [1.54, 1.807) is 15.5 Å². The number of pyridine rings is 1. The Bertz CT molecular complexity index is 1100. The molecule has 2 N–H and O–H groups in total. The highest BCUT2D eigenvalue weighted by Gasteiger charge is 2.40. The Morgan fingerprint density at radius 2 is 2.14 bits per heavy atom. The van der Waals surface area contributed by atoms with Gasteiger partial charge in [0.15, 0.2) is 11.4 Å². The Hall–Kier alpha value is -2.87. The van der Waals surface area contributed by atoms with Gasteiger partial charge in [-0.1, -0.05) is 23.7 Å². The zero-order valence-electron chi connectivity index (χ0n) is 15.7. The van der Waals surface area contributed by atoms with E-state index in [-0.39, 0.29) is 34.4 Å². The van der Waals surface area contributed by atoms with Gasteiger partial charge in [0.1, 0.15) is 11.4 Å². The number of carbonyl (C=O) groups is 2. The van der Waals surface area contributed by atoms with E-state index in [2.05, 4.69) is 5.32 Å². The Labute approximate surface area is 170 Å². The molecular formula is C20H19ClFN3O4. The molecule has 0 aliphatic carbocycles. The fraction of sp³-hybridized carbons (Fsp3) is 0.350. The van der Waals surface area contributed by atoms with Crippen molar-refractivity contribution < 1.29 is 19.1 Å². The number of aromatic nitrogens is 1. The minimum absolute atomic E-state index is 0.0574. The Morgan fingerprint density at radius 1 is 1.38 bits per heavy atom. The molecule has 1 atom stereocenters. The minimum Gasteiger partial charge on any atom is -0.503 e. The van der Waals surface area contributed by atoms with Gasteiger partial charge in [-0.15, -0.1) is 0 Å². The van der Waals surface area contributed by atoms with Gasteiger partial charge in [-0.05, 0) is 25.8 Å². The van der Waals surface area contributed by atoms with Crippen molar-refractivity contribution in [3.63, 3.8) is 0 Å². The molecule has 2 amide bonds. The van der Waals surface area contributed by atoms with Gasteiger partial charge >= 0.3 is 0 Å². The molecule has 2 aliphatic heterocycles. The fourth-order valence-corrected chi connectivity index (χ4v) is 4.32. The van der Waals surface area contributed by atoms with Crippen molar-refractivity contribution >= 4 is 23.4 Å². The van der Waals surface area contributed by atoms with E-state index >= 15 is 0 Å². The molecule has 0 spiro atoms. The van der Waals surface area contributed by atoms with Gasteiger partial charge in [-0.25, -0.2) is 4.39 Å². The normalized spacial score (nSPS) is 17.4. The third kappa shape index (κ3) is 2.98. The number of likely N-dealkylation sites (N-methyl/N-ethyl adjacent to an activating group) is 1. The molecule has 0 fully saturated rings. The number of benzene rings is 1. The van der Waals surface area contributed by atoms with Crippen LogP contribution in [0.25, 0.3) is 0 Å². The quantitative estimate of drug-likeness (QED) is 0.795. The standard InChI is InChI=1S/C20H19ClFN3O4/c1-2-24-9-11-6-7-13-14(17(26)18(27)16(20(24)29)25(11)13)19(28)23-8-10-4-3-5-12(21)15(10)22/h3-5,11,27H,2,6-9H2,1H3,(H,23,28)/t11-/m0/s1. The van der Waals surface area contributed by atoms with E-state index in [0.717, 1.165) is 0 Å². The number of aromatic hydroxyl groups is 1. The van der Waals surface area contributed by atoms with Gasteiger partial charge in [-0.2, -0.15) is 0 Å². The first-order valence-corrected chi connectivity index (χ1v) is 9.73. The smallest absolute Gasteiger partial charge is 0.274 e. The molecule has 0 saturated carbocycles. The maximum absolute atomic E-state index is 14.1. The van der Waals surface area contributed by atoms with Crippen LogP contribution in [0.1, 0.15) is 51.5 Å². The summed E-state index contributed by atoms with van der Waals surface area (Å²) in [6, 6.07) is 4.34. The largest absolute Gasteiger partial charge is 0.503 e. The molecule has 29 heavy (non-hydrogen) atoms. The zero-order valence-corrected chi connectivity index (χ0v) is 16.4. The topological polar surface area (TPSA) is 91.6 Å². The van der Waals surface area contributed by atoms with E-state index in [0.29, 0.717) is 31.6 Å². The average Bonchev–Trinajstić information content (AvgIpc) is 3.11. The van der Waals surface area contributed by atoms with Crippen LogP contribution in [0.2, 0.25) is 5.02 Å². The maximum Gasteiger partial charge on any atom is 0.274 e. The predicted octanol–water partition coefficient (Wildman–Crippen LogP) is 2.24. The first kappa shape index (κ1) is 19.4. The molecule has 1 aromatic carbocycles. The SMILES string of the molecule is CCN1C[C@@H]2CCc3c(C(=O)NCc4cccc(Cl)c4F)c(=O)c(O)c(n32)C1=O. The summed E-state index contributed by atoms with van der Waals surface area (Å²) < 4.78 is 15.7. The second-order valence-electron chi connectivity index (χ2n) is 7.15. The molecule has 9 heteroatoms. The predicted molar refractivity (Wildman–Crippen MR) is 104 cm³/mol. The first-order chi connectivity index (χ1) is 13.8. The van der Waals surface area contributed by atoms with Crippen LogP contribution in [0.15, 0.2) is 23.0 Å². The third-order valence-electron chi connectivity index (χ3n) is 5.57. The van der Waals surface area contributed by atoms with E-state index < -0.39 is 28.8 Å². The lowest BCUT2D eigenvalue weighted by Gasteiger charge is -2.34. The highest BCUT2D eigenvalue weighted by Crippen LogP contribution is 2.36. The van der Waals surface area contributed by atoms with Crippen LogP contribution >= 0.6 is 11.6 Å². The number of rotatable bonds is 4. The van der Waals surface area contributed by atoms with Crippen molar-refractivity contribution in [1.29, 1.82) is 0 Å².